The highest BCUT2D eigenvalue weighted by Crippen LogP contribution is 2.24. The normalized spacial score (nSPS) is 15.7. The number of rotatable bonds is 8. The van der Waals surface area contributed by atoms with Crippen LogP contribution in [-0.2, 0) is 17.8 Å². The standard InChI is InChI=1S/C21H34N6OS/c1-5-22-21(23-15-19-16(2)25-27(17(19)3)12-13-28-4)24-18-8-10-26(11-9-18)20-7-6-14-29-20/h6-7,14,18H,5,8-13,15H2,1-4H3,(H2,22,23,24). The molecule has 7 nitrogen and oxygen atoms in total. The Labute approximate surface area is 178 Å². The maximum Gasteiger partial charge on any atom is 0.191 e. The molecular weight excluding hydrogens is 384 g/mol. The second kappa shape index (κ2) is 10.6. The Hall–Kier alpha value is -2.06. The summed E-state index contributed by atoms with van der Waals surface area (Å²) in [5.74, 6) is 0.894. The van der Waals surface area contributed by atoms with Crippen LogP contribution >= 0.6 is 11.3 Å². The van der Waals surface area contributed by atoms with E-state index in [1.54, 1.807) is 7.11 Å². The lowest BCUT2D eigenvalue weighted by Gasteiger charge is -2.33. The number of hydrogen-bond acceptors (Lipinski definition) is 5. The first-order valence-corrected chi connectivity index (χ1v) is 11.4. The third-order valence-electron chi connectivity index (χ3n) is 5.43. The van der Waals surface area contributed by atoms with E-state index >= 15 is 0 Å². The van der Waals surface area contributed by atoms with E-state index in [0.717, 1.165) is 50.7 Å². The van der Waals surface area contributed by atoms with Crippen LogP contribution in [-0.4, -0.2) is 55.1 Å². The molecule has 0 bridgehead atoms. The van der Waals surface area contributed by atoms with Crippen molar-refractivity contribution in [1.82, 2.24) is 20.4 Å². The number of aromatic nitrogens is 2. The highest BCUT2D eigenvalue weighted by molar-refractivity contribution is 7.14. The van der Waals surface area contributed by atoms with Gasteiger partial charge in [-0.25, -0.2) is 4.99 Å². The Kier molecular flexibility index (Phi) is 7.94. The summed E-state index contributed by atoms with van der Waals surface area (Å²) in [5, 5.41) is 15.2. The predicted molar refractivity (Wildman–Crippen MR) is 121 cm³/mol. The summed E-state index contributed by atoms with van der Waals surface area (Å²) >= 11 is 1.82. The zero-order valence-corrected chi connectivity index (χ0v) is 18.9. The lowest BCUT2D eigenvalue weighted by Crippen LogP contribution is -2.48. The van der Waals surface area contributed by atoms with Gasteiger partial charge in [-0.1, -0.05) is 0 Å². The van der Waals surface area contributed by atoms with Crippen molar-refractivity contribution in [3.05, 3.63) is 34.5 Å². The minimum absolute atomic E-state index is 0.454. The zero-order chi connectivity index (χ0) is 20.6. The van der Waals surface area contributed by atoms with Gasteiger partial charge >= 0.3 is 0 Å². The van der Waals surface area contributed by atoms with Gasteiger partial charge < -0.3 is 20.3 Å². The Balaban J connectivity index is 1.58. The number of methoxy groups -OCH3 is 1. The highest BCUT2D eigenvalue weighted by atomic mass is 32.1. The van der Waals surface area contributed by atoms with Gasteiger partial charge in [0.1, 0.15) is 0 Å². The maximum absolute atomic E-state index is 5.18. The molecule has 0 saturated carbocycles. The number of hydrogen-bond donors (Lipinski definition) is 2. The fourth-order valence-electron chi connectivity index (χ4n) is 3.72. The molecule has 3 heterocycles. The summed E-state index contributed by atoms with van der Waals surface area (Å²) in [5.41, 5.74) is 3.41. The monoisotopic (exact) mass is 418 g/mol. The molecule has 2 aromatic rings. The van der Waals surface area contributed by atoms with E-state index in [1.165, 1.54) is 16.3 Å². The van der Waals surface area contributed by atoms with Crippen LogP contribution in [0.15, 0.2) is 22.5 Å². The van der Waals surface area contributed by atoms with E-state index < -0.39 is 0 Å². The molecule has 3 rings (SSSR count). The first-order chi connectivity index (χ1) is 14.1. The van der Waals surface area contributed by atoms with E-state index in [2.05, 4.69) is 58.9 Å². The molecular formula is C21H34N6OS. The molecule has 1 aliphatic rings. The molecule has 160 valence electrons. The van der Waals surface area contributed by atoms with E-state index in [-0.39, 0.29) is 0 Å². The first kappa shape index (κ1) is 21.6. The van der Waals surface area contributed by atoms with E-state index in [0.29, 0.717) is 19.2 Å². The summed E-state index contributed by atoms with van der Waals surface area (Å²) in [6.45, 7) is 11.4. The molecule has 1 fully saturated rings. The van der Waals surface area contributed by atoms with Crippen molar-refractivity contribution in [2.45, 2.75) is 52.7 Å². The van der Waals surface area contributed by atoms with Crippen molar-refractivity contribution in [2.75, 3.05) is 38.3 Å². The molecule has 2 aromatic heterocycles. The molecule has 8 heteroatoms. The van der Waals surface area contributed by atoms with Gasteiger partial charge in [-0.15, -0.1) is 11.3 Å². The topological polar surface area (TPSA) is 66.7 Å². The van der Waals surface area contributed by atoms with Crippen LogP contribution in [0.4, 0.5) is 5.00 Å². The van der Waals surface area contributed by atoms with Gasteiger partial charge in [0, 0.05) is 44.0 Å². The molecule has 29 heavy (non-hydrogen) atoms. The quantitative estimate of drug-likeness (QED) is 0.510. The summed E-state index contributed by atoms with van der Waals surface area (Å²) in [6.07, 6.45) is 2.24. The van der Waals surface area contributed by atoms with Crippen LogP contribution in [0, 0.1) is 13.8 Å². The molecule has 2 N–H and O–H groups in total. The molecule has 0 spiro atoms. The number of anilines is 1. The first-order valence-electron chi connectivity index (χ1n) is 10.5. The number of aryl methyl sites for hydroxylation is 1. The third kappa shape index (κ3) is 5.73. The zero-order valence-electron chi connectivity index (χ0n) is 18.1. The number of thiophene rings is 1. The molecule has 0 atom stereocenters. The van der Waals surface area contributed by atoms with Crippen LogP contribution in [0.25, 0.3) is 0 Å². The van der Waals surface area contributed by atoms with Gasteiger partial charge in [0.2, 0.25) is 0 Å². The van der Waals surface area contributed by atoms with Crippen LogP contribution in [0.5, 0.6) is 0 Å². The Morgan fingerprint density at radius 3 is 2.79 bits per heavy atom. The van der Waals surface area contributed by atoms with Crippen LogP contribution < -0.4 is 15.5 Å². The number of guanidine groups is 1. The fraction of sp³-hybridized carbons (Fsp3) is 0.619. The van der Waals surface area contributed by atoms with E-state index in [4.69, 9.17) is 9.73 Å². The largest absolute Gasteiger partial charge is 0.383 e. The average Bonchev–Trinajstić information content (AvgIpc) is 3.34. The second-order valence-corrected chi connectivity index (χ2v) is 8.34. The summed E-state index contributed by atoms with van der Waals surface area (Å²) < 4.78 is 7.20. The van der Waals surface area contributed by atoms with Gasteiger partial charge in [-0.05, 0) is 51.1 Å². The number of piperidine rings is 1. The number of ether oxygens (including phenoxy) is 1. The molecule has 0 aliphatic carbocycles. The second-order valence-electron chi connectivity index (χ2n) is 7.42. The van der Waals surface area contributed by atoms with Crippen LogP contribution in [0.2, 0.25) is 0 Å². The average molecular weight is 419 g/mol. The highest BCUT2D eigenvalue weighted by Gasteiger charge is 2.21. The molecule has 1 saturated heterocycles. The Bertz CT molecular complexity index is 777. The molecule has 0 unspecified atom stereocenters. The maximum atomic E-state index is 5.18. The number of aliphatic imine (C=N–C) groups is 1. The SMILES string of the molecule is CCNC(=NCc1c(C)nn(CCOC)c1C)NC1CCN(c2cccs2)CC1. The number of nitrogens with zero attached hydrogens (tertiary/aromatic N) is 4. The summed E-state index contributed by atoms with van der Waals surface area (Å²) in [7, 11) is 1.72. The predicted octanol–water partition coefficient (Wildman–Crippen LogP) is 2.93. The third-order valence-corrected chi connectivity index (χ3v) is 6.36. The smallest absolute Gasteiger partial charge is 0.191 e. The molecule has 0 amide bonds. The fourth-order valence-corrected chi connectivity index (χ4v) is 4.51. The summed E-state index contributed by atoms with van der Waals surface area (Å²) in [4.78, 5) is 7.34. The lowest BCUT2D eigenvalue weighted by molar-refractivity contribution is 0.182. The van der Waals surface area contributed by atoms with Crippen molar-refractivity contribution in [3.8, 4) is 0 Å². The van der Waals surface area contributed by atoms with E-state index in [1.807, 2.05) is 16.0 Å². The van der Waals surface area contributed by atoms with Crippen LogP contribution in [0.1, 0.15) is 36.7 Å². The van der Waals surface area contributed by atoms with Crippen molar-refractivity contribution in [3.63, 3.8) is 0 Å². The molecule has 0 radical (unpaired) electrons. The van der Waals surface area contributed by atoms with Gasteiger partial charge in [-0.2, -0.15) is 5.10 Å². The van der Waals surface area contributed by atoms with Crippen LogP contribution in [0.3, 0.4) is 0 Å². The molecule has 1 aliphatic heterocycles. The minimum atomic E-state index is 0.454. The van der Waals surface area contributed by atoms with Crippen molar-refractivity contribution in [2.24, 2.45) is 4.99 Å². The van der Waals surface area contributed by atoms with Gasteiger partial charge in [-0.3, -0.25) is 4.68 Å². The van der Waals surface area contributed by atoms with Gasteiger partial charge in [0.25, 0.3) is 0 Å². The minimum Gasteiger partial charge on any atom is -0.383 e. The Morgan fingerprint density at radius 2 is 2.14 bits per heavy atom. The molecule has 0 aromatic carbocycles. The number of nitrogens with one attached hydrogen (secondary N) is 2. The summed E-state index contributed by atoms with van der Waals surface area (Å²) in [6, 6.07) is 4.79. The van der Waals surface area contributed by atoms with Gasteiger partial charge in [0.05, 0.1) is 30.4 Å². The van der Waals surface area contributed by atoms with Crippen molar-refractivity contribution in [1.29, 1.82) is 0 Å². The van der Waals surface area contributed by atoms with Crippen molar-refractivity contribution >= 4 is 22.3 Å². The van der Waals surface area contributed by atoms with Gasteiger partial charge in [0.15, 0.2) is 5.96 Å². The lowest BCUT2D eigenvalue weighted by atomic mass is 10.1. The Morgan fingerprint density at radius 1 is 1.34 bits per heavy atom. The van der Waals surface area contributed by atoms with E-state index in [9.17, 15) is 0 Å². The van der Waals surface area contributed by atoms with Crippen molar-refractivity contribution < 1.29 is 4.74 Å².